The zero-order valence-electron chi connectivity index (χ0n) is 14.3. The van der Waals surface area contributed by atoms with Crippen LogP contribution in [0.15, 0.2) is 12.1 Å². The molecule has 1 aliphatic rings. The van der Waals surface area contributed by atoms with Crippen molar-refractivity contribution in [1.82, 2.24) is 10.2 Å². The molecule has 1 aromatic carbocycles. The highest BCUT2D eigenvalue weighted by Crippen LogP contribution is 2.38. The maximum Gasteiger partial charge on any atom is 0.224 e. The van der Waals surface area contributed by atoms with Gasteiger partial charge in [-0.15, -0.1) is 0 Å². The molecule has 1 fully saturated rings. The highest BCUT2D eigenvalue weighted by atomic mass is 16.5. The van der Waals surface area contributed by atoms with E-state index in [0.717, 1.165) is 31.5 Å². The van der Waals surface area contributed by atoms with Crippen LogP contribution in [0, 0.1) is 0 Å². The van der Waals surface area contributed by atoms with Crippen molar-refractivity contribution in [2.75, 3.05) is 41.5 Å². The summed E-state index contributed by atoms with van der Waals surface area (Å²) in [5.41, 5.74) is 0.838. The summed E-state index contributed by atoms with van der Waals surface area (Å²) in [5.74, 6) is 1.69. The summed E-state index contributed by atoms with van der Waals surface area (Å²) in [6.07, 6.45) is 2.29. The number of rotatable bonds is 6. The van der Waals surface area contributed by atoms with Gasteiger partial charge in [0.15, 0.2) is 11.5 Å². The van der Waals surface area contributed by atoms with Gasteiger partial charge in [0, 0.05) is 6.04 Å². The van der Waals surface area contributed by atoms with Gasteiger partial charge in [-0.05, 0) is 50.7 Å². The van der Waals surface area contributed by atoms with Crippen LogP contribution in [0.5, 0.6) is 17.2 Å². The predicted molar refractivity (Wildman–Crippen MR) is 88.5 cm³/mol. The lowest BCUT2D eigenvalue weighted by Crippen LogP contribution is -2.43. The molecule has 0 bridgehead atoms. The van der Waals surface area contributed by atoms with Crippen LogP contribution in [0.25, 0.3) is 0 Å². The van der Waals surface area contributed by atoms with Crippen LogP contribution >= 0.6 is 0 Å². The molecule has 0 aliphatic carbocycles. The molecule has 0 unspecified atom stereocenters. The summed E-state index contributed by atoms with van der Waals surface area (Å²) >= 11 is 0. The van der Waals surface area contributed by atoms with Crippen LogP contribution < -0.4 is 19.5 Å². The van der Waals surface area contributed by atoms with Crippen molar-refractivity contribution in [2.24, 2.45) is 0 Å². The molecular formula is C17H26N2O4. The van der Waals surface area contributed by atoms with Crippen LogP contribution in [0.2, 0.25) is 0 Å². The number of hydrogen-bond acceptors (Lipinski definition) is 5. The number of benzene rings is 1. The van der Waals surface area contributed by atoms with E-state index in [1.807, 2.05) is 12.1 Å². The van der Waals surface area contributed by atoms with E-state index in [9.17, 15) is 4.79 Å². The number of hydrogen-bond donors (Lipinski definition) is 1. The summed E-state index contributed by atoms with van der Waals surface area (Å²) in [4.78, 5) is 14.6. The van der Waals surface area contributed by atoms with Crippen LogP contribution in [0.3, 0.4) is 0 Å². The minimum atomic E-state index is 0.0221. The lowest BCUT2D eigenvalue weighted by Gasteiger charge is -2.29. The lowest BCUT2D eigenvalue weighted by atomic mass is 10.0. The normalized spacial score (nSPS) is 16.0. The molecule has 128 valence electrons. The van der Waals surface area contributed by atoms with E-state index in [0.29, 0.717) is 23.7 Å². The van der Waals surface area contributed by atoms with E-state index in [-0.39, 0.29) is 11.9 Å². The average molecular weight is 322 g/mol. The van der Waals surface area contributed by atoms with Gasteiger partial charge < -0.3 is 24.4 Å². The Bertz CT molecular complexity index is 514. The molecule has 23 heavy (non-hydrogen) atoms. The van der Waals surface area contributed by atoms with Gasteiger partial charge in [0.2, 0.25) is 11.7 Å². The average Bonchev–Trinajstić information content (AvgIpc) is 2.55. The first-order chi connectivity index (χ1) is 11.1. The number of piperidine rings is 1. The Hall–Kier alpha value is -1.95. The third-order valence-corrected chi connectivity index (χ3v) is 4.17. The molecular weight excluding hydrogens is 296 g/mol. The largest absolute Gasteiger partial charge is 0.493 e. The Morgan fingerprint density at radius 1 is 1.13 bits per heavy atom. The summed E-state index contributed by atoms with van der Waals surface area (Å²) in [7, 11) is 6.81. The summed E-state index contributed by atoms with van der Waals surface area (Å²) in [6.45, 7) is 2.05. The second-order valence-electron chi connectivity index (χ2n) is 5.86. The van der Waals surface area contributed by atoms with Crippen molar-refractivity contribution >= 4 is 5.91 Å². The molecule has 1 aromatic rings. The first kappa shape index (κ1) is 17.4. The van der Waals surface area contributed by atoms with Crippen LogP contribution in [0.1, 0.15) is 18.4 Å². The number of nitrogens with zero attached hydrogens (tertiary/aromatic N) is 1. The maximum atomic E-state index is 12.3. The third-order valence-electron chi connectivity index (χ3n) is 4.17. The maximum absolute atomic E-state index is 12.3. The Balaban J connectivity index is 2.02. The summed E-state index contributed by atoms with van der Waals surface area (Å²) < 4.78 is 15.9. The van der Waals surface area contributed by atoms with E-state index >= 15 is 0 Å². The second-order valence-corrected chi connectivity index (χ2v) is 5.86. The Morgan fingerprint density at radius 2 is 1.70 bits per heavy atom. The van der Waals surface area contributed by atoms with E-state index in [2.05, 4.69) is 17.3 Å². The molecule has 0 radical (unpaired) electrons. The number of carbonyl (C=O) groups excluding carboxylic acids is 1. The first-order valence-electron chi connectivity index (χ1n) is 7.84. The molecule has 0 aromatic heterocycles. The van der Waals surface area contributed by atoms with Gasteiger partial charge in [0.1, 0.15) is 0 Å². The lowest BCUT2D eigenvalue weighted by molar-refractivity contribution is -0.121. The SMILES string of the molecule is COc1cc(CC(=O)NC2CCN(C)CC2)cc(OC)c1OC. The van der Waals surface area contributed by atoms with E-state index < -0.39 is 0 Å². The van der Waals surface area contributed by atoms with Crippen LogP contribution in [0.4, 0.5) is 0 Å². The number of amides is 1. The monoisotopic (exact) mass is 322 g/mol. The molecule has 6 heteroatoms. The molecule has 2 rings (SSSR count). The molecule has 1 saturated heterocycles. The molecule has 1 amide bonds. The van der Waals surface area contributed by atoms with Gasteiger partial charge in [-0.3, -0.25) is 4.79 Å². The standard InChI is InChI=1S/C17H26N2O4/c1-19-7-5-13(6-8-19)18-16(20)11-12-9-14(21-2)17(23-4)15(10-12)22-3/h9-10,13H,5-8,11H2,1-4H3,(H,18,20). The molecule has 1 aliphatic heterocycles. The number of nitrogens with one attached hydrogen (secondary N) is 1. The van der Waals surface area contributed by atoms with Crippen molar-refractivity contribution in [3.8, 4) is 17.2 Å². The Morgan fingerprint density at radius 3 is 2.17 bits per heavy atom. The van der Waals surface area contributed by atoms with Crippen molar-refractivity contribution in [2.45, 2.75) is 25.3 Å². The predicted octanol–water partition coefficient (Wildman–Crippen LogP) is 1.47. The fraction of sp³-hybridized carbons (Fsp3) is 0.588. The molecule has 0 atom stereocenters. The Kier molecular flexibility index (Phi) is 6.10. The van der Waals surface area contributed by atoms with Crippen molar-refractivity contribution < 1.29 is 19.0 Å². The number of ether oxygens (including phenoxy) is 3. The zero-order valence-corrected chi connectivity index (χ0v) is 14.3. The number of carbonyl (C=O) groups is 1. The van der Waals surface area contributed by atoms with Gasteiger partial charge >= 0.3 is 0 Å². The summed E-state index contributed by atoms with van der Waals surface area (Å²) in [5, 5.41) is 3.11. The number of likely N-dealkylation sites (tertiary alicyclic amines) is 1. The highest BCUT2D eigenvalue weighted by molar-refractivity contribution is 5.79. The molecule has 1 N–H and O–H groups in total. The third kappa shape index (κ3) is 4.51. The van der Waals surface area contributed by atoms with Crippen molar-refractivity contribution in [3.05, 3.63) is 17.7 Å². The molecule has 0 saturated carbocycles. The van der Waals surface area contributed by atoms with Crippen LogP contribution in [-0.2, 0) is 11.2 Å². The van der Waals surface area contributed by atoms with Gasteiger partial charge in [0.25, 0.3) is 0 Å². The first-order valence-corrected chi connectivity index (χ1v) is 7.84. The fourth-order valence-corrected chi connectivity index (χ4v) is 2.85. The summed E-state index contributed by atoms with van der Waals surface area (Å²) in [6, 6.07) is 3.89. The van der Waals surface area contributed by atoms with E-state index in [1.54, 1.807) is 21.3 Å². The quantitative estimate of drug-likeness (QED) is 0.859. The van der Waals surface area contributed by atoms with Gasteiger partial charge in [-0.2, -0.15) is 0 Å². The highest BCUT2D eigenvalue weighted by Gasteiger charge is 2.19. The van der Waals surface area contributed by atoms with Crippen molar-refractivity contribution in [3.63, 3.8) is 0 Å². The van der Waals surface area contributed by atoms with Gasteiger partial charge in [-0.25, -0.2) is 0 Å². The molecule has 0 spiro atoms. The van der Waals surface area contributed by atoms with Crippen molar-refractivity contribution in [1.29, 1.82) is 0 Å². The van der Waals surface area contributed by atoms with Crippen LogP contribution in [-0.4, -0.2) is 58.3 Å². The van der Waals surface area contributed by atoms with E-state index in [1.165, 1.54) is 0 Å². The minimum absolute atomic E-state index is 0.0221. The van der Waals surface area contributed by atoms with Gasteiger partial charge in [-0.1, -0.05) is 0 Å². The fourth-order valence-electron chi connectivity index (χ4n) is 2.85. The molecule has 6 nitrogen and oxygen atoms in total. The minimum Gasteiger partial charge on any atom is -0.493 e. The van der Waals surface area contributed by atoms with E-state index in [4.69, 9.17) is 14.2 Å². The second kappa shape index (κ2) is 8.06. The topological polar surface area (TPSA) is 60.0 Å². The molecule has 1 heterocycles. The zero-order chi connectivity index (χ0) is 16.8. The Labute approximate surface area is 137 Å². The van der Waals surface area contributed by atoms with Gasteiger partial charge in [0.05, 0.1) is 27.8 Å². The number of methoxy groups -OCH3 is 3. The smallest absolute Gasteiger partial charge is 0.224 e.